The number of thiazole rings is 1. The van der Waals surface area contributed by atoms with Crippen molar-refractivity contribution in [1.29, 1.82) is 0 Å². The van der Waals surface area contributed by atoms with Gasteiger partial charge < -0.3 is 10.6 Å². The number of hydrogen-bond donors (Lipinski definition) is 2. The lowest BCUT2D eigenvalue weighted by Crippen LogP contribution is -2.35. The fourth-order valence-corrected chi connectivity index (χ4v) is 3.56. The third-order valence-electron chi connectivity index (χ3n) is 4.20. The standard InChI is InChI=1S/C18H25N3S/c1-18(2,3)14-6-4-5-13(11-14)16-12-22-17(21-16)20-15-7-9-19-10-8-15/h4-6,11-12,15,19H,7-10H2,1-3H3,(H,20,21). The minimum atomic E-state index is 0.169. The van der Waals surface area contributed by atoms with Crippen LogP contribution in [0.15, 0.2) is 29.6 Å². The quantitative estimate of drug-likeness (QED) is 0.888. The molecule has 2 aromatic rings. The van der Waals surface area contributed by atoms with Crippen molar-refractivity contribution in [1.82, 2.24) is 10.3 Å². The lowest BCUT2D eigenvalue weighted by Gasteiger charge is -2.23. The van der Waals surface area contributed by atoms with Gasteiger partial charge in [-0.2, -0.15) is 0 Å². The summed E-state index contributed by atoms with van der Waals surface area (Å²) < 4.78 is 0. The van der Waals surface area contributed by atoms with Crippen LogP contribution in [0.3, 0.4) is 0 Å². The smallest absolute Gasteiger partial charge is 0.183 e. The fourth-order valence-electron chi connectivity index (χ4n) is 2.76. The van der Waals surface area contributed by atoms with Crippen LogP contribution in [0.1, 0.15) is 39.2 Å². The Morgan fingerprint density at radius 3 is 2.73 bits per heavy atom. The molecule has 2 heterocycles. The van der Waals surface area contributed by atoms with Crippen molar-refractivity contribution in [3.8, 4) is 11.3 Å². The van der Waals surface area contributed by atoms with E-state index >= 15 is 0 Å². The van der Waals surface area contributed by atoms with Crippen molar-refractivity contribution in [2.75, 3.05) is 18.4 Å². The molecular formula is C18H25N3S. The number of piperidine rings is 1. The molecule has 3 rings (SSSR count). The van der Waals surface area contributed by atoms with Gasteiger partial charge in [0, 0.05) is 17.0 Å². The van der Waals surface area contributed by atoms with Gasteiger partial charge in [0.05, 0.1) is 5.69 Å². The van der Waals surface area contributed by atoms with Crippen molar-refractivity contribution >= 4 is 16.5 Å². The topological polar surface area (TPSA) is 37.0 Å². The maximum absolute atomic E-state index is 4.78. The van der Waals surface area contributed by atoms with Gasteiger partial charge in [-0.15, -0.1) is 11.3 Å². The molecule has 0 bridgehead atoms. The zero-order valence-electron chi connectivity index (χ0n) is 13.6. The van der Waals surface area contributed by atoms with Crippen molar-refractivity contribution in [3.63, 3.8) is 0 Å². The molecule has 1 saturated heterocycles. The number of aromatic nitrogens is 1. The first-order valence-corrected chi connectivity index (χ1v) is 8.94. The predicted molar refractivity (Wildman–Crippen MR) is 95.8 cm³/mol. The third-order valence-corrected chi connectivity index (χ3v) is 4.97. The summed E-state index contributed by atoms with van der Waals surface area (Å²) in [6.45, 7) is 8.94. The van der Waals surface area contributed by atoms with E-state index in [2.05, 4.69) is 61.1 Å². The van der Waals surface area contributed by atoms with Crippen molar-refractivity contribution in [2.24, 2.45) is 0 Å². The first kappa shape index (κ1) is 15.5. The average Bonchev–Trinajstić information content (AvgIpc) is 2.96. The Bertz CT molecular complexity index is 621. The van der Waals surface area contributed by atoms with E-state index in [1.165, 1.54) is 24.0 Å². The number of nitrogens with one attached hydrogen (secondary N) is 2. The van der Waals surface area contributed by atoms with Gasteiger partial charge in [0.2, 0.25) is 0 Å². The number of anilines is 1. The Morgan fingerprint density at radius 2 is 2.00 bits per heavy atom. The van der Waals surface area contributed by atoms with Gasteiger partial charge in [-0.1, -0.05) is 39.0 Å². The highest BCUT2D eigenvalue weighted by Gasteiger charge is 2.16. The van der Waals surface area contributed by atoms with E-state index in [-0.39, 0.29) is 5.41 Å². The lowest BCUT2D eigenvalue weighted by atomic mass is 9.86. The molecule has 118 valence electrons. The van der Waals surface area contributed by atoms with Gasteiger partial charge in [0.15, 0.2) is 5.13 Å². The Hall–Kier alpha value is -1.39. The van der Waals surface area contributed by atoms with Crippen LogP contribution >= 0.6 is 11.3 Å². The third kappa shape index (κ3) is 3.68. The molecule has 1 aliphatic rings. The molecule has 1 aromatic carbocycles. The molecule has 1 fully saturated rings. The molecule has 0 unspecified atom stereocenters. The molecular weight excluding hydrogens is 290 g/mol. The Balaban J connectivity index is 1.75. The average molecular weight is 315 g/mol. The maximum Gasteiger partial charge on any atom is 0.183 e. The van der Waals surface area contributed by atoms with E-state index < -0.39 is 0 Å². The summed E-state index contributed by atoms with van der Waals surface area (Å²) in [7, 11) is 0. The van der Waals surface area contributed by atoms with Gasteiger partial charge in [0.1, 0.15) is 0 Å². The van der Waals surface area contributed by atoms with Crippen LogP contribution in [0.5, 0.6) is 0 Å². The minimum Gasteiger partial charge on any atom is -0.359 e. The molecule has 0 radical (unpaired) electrons. The number of nitrogens with zero attached hydrogens (tertiary/aromatic N) is 1. The van der Waals surface area contributed by atoms with Crippen molar-refractivity contribution < 1.29 is 0 Å². The number of benzene rings is 1. The first-order chi connectivity index (χ1) is 10.5. The monoisotopic (exact) mass is 315 g/mol. The molecule has 0 spiro atoms. The molecule has 0 aliphatic carbocycles. The molecule has 0 saturated carbocycles. The van der Waals surface area contributed by atoms with Crippen LogP contribution in [-0.4, -0.2) is 24.1 Å². The predicted octanol–water partition coefficient (Wildman–Crippen LogP) is 4.27. The lowest BCUT2D eigenvalue weighted by molar-refractivity contribution is 0.479. The van der Waals surface area contributed by atoms with Crippen LogP contribution in [0, 0.1) is 0 Å². The normalized spacial score (nSPS) is 16.7. The molecule has 1 aliphatic heterocycles. The summed E-state index contributed by atoms with van der Waals surface area (Å²) in [5.41, 5.74) is 3.81. The minimum absolute atomic E-state index is 0.169. The van der Waals surface area contributed by atoms with Gasteiger partial charge in [-0.05, 0) is 43.0 Å². The van der Waals surface area contributed by atoms with Crippen molar-refractivity contribution in [2.45, 2.75) is 45.1 Å². The Morgan fingerprint density at radius 1 is 1.23 bits per heavy atom. The van der Waals surface area contributed by atoms with Gasteiger partial charge >= 0.3 is 0 Å². The van der Waals surface area contributed by atoms with Crippen LogP contribution in [0.4, 0.5) is 5.13 Å². The van der Waals surface area contributed by atoms with E-state index in [1.54, 1.807) is 11.3 Å². The van der Waals surface area contributed by atoms with E-state index in [0.29, 0.717) is 6.04 Å². The van der Waals surface area contributed by atoms with E-state index in [4.69, 9.17) is 4.98 Å². The van der Waals surface area contributed by atoms with E-state index in [0.717, 1.165) is 23.9 Å². The summed E-state index contributed by atoms with van der Waals surface area (Å²) >= 11 is 1.71. The maximum atomic E-state index is 4.78. The van der Waals surface area contributed by atoms with Crippen LogP contribution in [0.2, 0.25) is 0 Å². The molecule has 22 heavy (non-hydrogen) atoms. The summed E-state index contributed by atoms with van der Waals surface area (Å²) in [5.74, 6) is 0. The summed E-state index contributed by atoms with van der Waals surface area (Å²) in [5, 5.41) is 10.2. The largest absolute Gasteiger partial charge is 0.359 e. The van der Waals surface area contributed by atoms with Gasteiger partial charge in [-0.25, -0.2) is 4.98 Å². The summed E-state index contributed by atoms with van der Waals surface area (Å²) in [6.07, 6.45) is 2.35. The van der Waals surface area contributed by atoms with Crippen molar-refractivity contribution in [3.05, 3.63) is 35.2 Å². The Labute approximate surface area is 137 Å². The number of rotatable bonds is 3. The number of hydrogen-bond acceptors (Lipinski definition) is 4. The highest BCUT2D eigenvalue weighted by Crippen LogP contribution is 2.30. The fraction of sp³-hybridized carbons (Fsp3) is 0.500. The second kappa shape index (κ2) is 6.39. The second-order valence-corrected chi connectivity index (χ2v) is 7.90. The van der Waals surface area contributed by atoms with Crippen LogP contribution in [-0.2, 0) is 5.41 Å². The molecule has 2 N–H and O–H groups in total. The Kier molecular flexibility index (Phi) is 4.50. The summed E-state index contributed by atoms with van der Waals surface area (Å²) in [4.78, 5) is 4.78. The SMILES string of the molecule is CC(C)(C)c1cccc(-c2csc(NC3CCNCC3)n2)c1. The molecule has 3 nitrogen and oxygen atoms in total. The summed E-state index contributed by atoms with van der Waals surface area (Å²) in [6, 6.07) is 9.31. The van der Waals surface area contributed by atoms with E-state index in [1.807, 2.05) is 0 Å². The molecule has 4 heteroatoms. The zero-order chi connectivity index (χ0) is 15.6. The highest BCUT2D eigenvalue weighted by atomic mass is 32.1. The van der Waals surface area contributed by atoms with Crippen LogP contribution < -0.4 is 10.6 Å². The highest BCUT2D eigenvalue weighted by molar-refractivity contribution is 7.14. The van der Waals surface area contributed by atoms with E-state index in [9.17, 15) is 0 Å². The second-order valence-electron chi connectivity index (χ2n) is 7.04. The van der Waals surface area contributed by atoms with Gasteiger partial charge in [0.25, 0.3) is 0 Å². The van der Waals surface area contributed by atoms with Crippen LogP contribution in [0.25, 0.3) is 11.3 Å². The molecule has 0 atom stereocenters. The zero-order valence-corrected chi connectivity index (χ0v) is 14.5. The van der Waals surface area contributed by atoms with Gasteiger partial charge in [-0.3, -0.25) is 0 Å². The molecule has 1 aromatic heterocycles. The first-order valence-electron chi connectivity index (χ1n) is 8.06. The molecule has 0 amide bonds.